The minimum absolute atomic E-state index is 0.209. The van der Waals surface area contributed by atoms with Crippen molar-refractivity contribution >= 4 is 22.5 Å². The number of nitrogens with zero attached hydrogens (tertiary/aromatic N) is 2. The molecule has 1 aliphatic heterocycles. The van der Waals surface area contributed by atoms with E-state index >= 15 is 0 Å². The van der Waals surface area contributed by atoms with Gasteiger partial charge in [0.1, 0.15) is 0 Å². The fraction of sp³-hybridized carbons (Fsp3) is 0.207. The summed E-state index contributed by atoms with van der Waals surface area (Å²) in [5, 5.41) is 7.08. The average Bonchev–Trinajstić information content (AvgIpc) is 3.33. The first-order valence-electron chi connectivity index (χ1n) is 11.7. The van der Waals surface area contributed by atoms with Gasteiger partial charge in [0, 0.05) is 29.8 Å². The molecule has 1 atom stereocenters. The molecule has 7 nitrogen and oxygen atoms in total. The Morgan fingerprint density at radius 1 is 0.972 bits per heavy atom. The number of ether oxygens (including phenoxy) is 2. The first kappa shape index (κ1) is 23.4. The third kappa shape index (κ3) is 4.02. The largest absolute Gasteiger partial charge is 0.493 e. The molecule has 0 saturated heterocycles. The summed E-state index contributed by atoms with van der Waals surface area (Å²) in [6.07, 6.45) is 0.384. The van der Waals surface area contributed by atoms with Crippen molar-refractivity contribution in [2.24, 2.45) is 5.10 Å². The van der Waals surface area contributed by atoms with Crippen LogP contribution in [0.15, 0.2) is 76.6 Å². The summed E-state index contributed by atoms with van der Waals surface area (Å²) in [6, 6.07) is 21.0. The molecule has 0 bridgehead atoms. The zero-order valence-electron chi connectivity index (χ0n) is 20.7. The highest BCUT2D eigenvalue weighted by Gasteiger charge is 2.34. The summed E-state index contributed by atoms with van der Waals surface area (Å²) in [5.41, 5.74) is 5.22. The molecule has 36 heavy (non-hydrogen) atoms. The first-order valence-corrected chi connectivity index (χ1v) is 11.7. The number of methoxy groups -OCH3 is 2. The maximum atomic E-state index is 13.5. The summed E-state index contributed by atoms with van der Waals surface area (Å²) in [4.78, 5) is 29.2. The number of carbonyl (C=O) groups excluding carboxylic acids is 1. The molecule has 0 radical (unpaired) electrons. The Bertz CT molecular complexity index is 1560. The number of hydrazone groups is 1. The molecule has 0 spiro atoms. The number of aromatic nitrogens is 1. The van der Waals surface area contributed by atoms with Crippen LogP contribution in [-0.2, 0) is 4.79 Å². The zero-order chi connectivity index (χ0) is 25.4. The predicted molar refractivity (Wildman–Crippen MR) is 141 cm³/mol. The van der Waals surface area contributed by atoms with Gasteiger partial charge in [0.15, 0.2) is 11.5 Å². The standard InChI is InChI=1S/C29H27N3O4/c1-17-10-12-22-21(14-17)27(19-8-6-5-7-9-19)28(29(34)30-22)23-16-24(32(31-23)18(2)33)20-11-13-25(35-3)26(15-20)36-4/h5-15,24H,16H2,1-4H3,(H,30,34)/t24-/m0/s1. The van der Waals surface area contributed by atoms with Crippen LogP contribution in [0.5, 0.6) is 11.5 Å². The van der Waals surface area contributed by atoms with Gasteiger partial charge in [-0.25, -0.2) is 5.01 Å². The molecule has 2 heterocycles. The molecule has 5 rings (SSSR count). The summed E-state index contributed by atoms with van der Waals surface area (Å²) < 4.78 is 10.8. The van der Waals surface area contributed by atoms with Gasteiger partial charge in [-0.3, -0.25) is 9.59 Å². The summed E-state index contributed by atoms with van der Waals surface area (Å²) in [6.45, 7) is 3.50. The topological polar surface area (TPSA) is 84.0 Å². The third-order valence-corrected chi connectivity index (χ3v) is 6.55. The van der Waals surface area contributed by atoms with Gasteiger partial charge in [-0.1, -0.05) is 48.0 Å². The minimum atomic E-state index is -0.381. The molecule has 1 amide bonds. The second kappa shape index (κ2) is 9.34. The average molecular weight is 482 g/mol. The van der Waals surface area contributed by atoms with Crippen molar-refractivity contribution in [2.45, 2.75) is 26.3 Å². The van der Waals surface area contributed by atoms with E-state index < -0.39 is 0 Å². The van der Waals surface area contributed by atoms with E-state index in [4.69, 9.17) is 14.6 Å². The van der Waals surface area contributed by atoms with Crippen LogP contribution >= 0.6 is 0 Å². The second-order valence-corrected chi connectivity index (χ2v) is 8.86. The highest BCUT2D eigenvalue weighted by Crippen LogP contribution is 2.39. The maximum Gasteiger partial charge on any atom is 0.258 e. The number of benzene rings is 3. The van der Waals surface area contributed by atoms with Crippen molar-refractivity contribution in [3.63, 3.8) is 0 Å². The Hall–Kier alpha value is -4.39. The molecule has 1 aliphatic rings. The number of fused-ring (bicyclic) bond motifs is 1. The number of hydrogen-bond acceptors (Lipinski definition) is 5. The number of hydrogen-bond donors (Lipinski definition) is 1. The predicted octanol–water partition coefficient (Wildman–Crippen LogP) is 5.22. The maximum absolute atomic E-state index is 13.5. The Labute approximate surface area is 209 Å². The second-order valence-electron chi connectivity index (χ2n) is 8.86. The van der Waals surface area contributed by atoms with Crippen LogP contribution in [0.2, 0.25) is 0 Å². The monoisotopic (exact) mass is 481 g/mol. The summed E-state index contributed by atoms with van der Waals surface area (Å²) in [5.74, 6) is 0.956. The minimum Gasteiger partial charge on any atom is -0.493 e. The van der Waals surface area contributed by atoms with E-state index in [1.54, 1.807) is 14.2 Å². The van der Waals surface area contributed by atoms with E-state index in [0.717, 1.165) is 33.2 Å². The van der Waals surface area contributed by atoms with E-state index in [1.165, 1.54) is 11.9 Å². The molecule has 0 saturated carbocycles. The fourth-order valence-electron chi connectivity index (χ4n) is 4.86. The highest BCUT2D eigenvalue weighted by molar-refractivity contribution is 6.12. The number of rotatable bonds is 5. The molecule has 1 N–H and O–H groups in total. The van der Waals surface area contributed by atoms with Gasteiger partial charge in [0.2, 0.25) is 5.91 Å². The van der Waals surface area contributed by atoms with Gasteiger partial charge in [0.25, 0.3) is 5.56 Å². The molecule has 0 fully saturated rings. The van der Waals surface area contributed by atoms with E-state index in [0.29, 0.717) is 29.2 Å². The van der Waals surface area contributed by atoms with Gasteiger partial charge in [-0.15, -0.1) is 0 Å². The molecule has 0 unspecified atom stereocenters. The fourth-order valence-corrected chi connectivity index (χ4v) is 4.86. The Morgan fingerprint density at radius 2 is 1.72 bits per heavy atom. The molecular formula is C29H27N3O4. The Morgan fingerprint density at radius 3 is 2.42 bits per heavy atom. The lowest BCUT2D eigenvalue weighted by molar-refractivity contribution is -0.130. The number of amides is 1. The SMILES string of the molecule is COc1ccc([C@@H]2CC(c3c(-c4ccccc4)c4cc(C)ccc4[nH]c3=O)=NN2C(C)=O)cc1OC. The summed E-state index contributed by atoms with van der Waals surface area (Å²) in [7, 11) is 3.15. The smallest absolute Gasteiger partial charge is 0.258 e. The zero-order valence-corrected chi connectivity index (χ0v) is 20.7. The van der Waals surface area contributed by atoms with Gasteiger partial charge in [-0.2, -0.15) is 5.10 Å². The van der Waals surface area contributed by atoms with Crippen molar-refractivity contribution in [2.75, 3.05) is 14.2 Å². The molecular weight excluding hydrogens is 454 g/mol. The third-order valence-electron chi connectivity index (χ3n) is 6.55. The lowest BCUT2D eigenvalue weighted by Crippen LogP contribution is -2.24. The van der Waals surface area contributed by atoms with Crippen LogP contribution < -0.4 is 15.0 Å². The van der Waals surface area contributed by atoms with Crippen LogP contribution in [0.25, 0.3) is 22.0 Å². The number of nitrogens with one attached hydrogen (secondary N) is 1. The van der Waals surface area contributed by atoms with Crippen molar-refractivity contribution < 1.29 is 14.3 Å². The molecule has 182 valence electrons. The quantitative estimate of drug-likeness (QED) is 0.424. The molecule has 4 aromatic rings. The normalized spacial score (nSPS) is 15.2. The Balaban J connectivity index is 1.70. The van der Waals surface area contributed by atoms with Gasteiger partial charge in [0.05, 0.1) is 31.5 Å². The van der Waals surface area contributed by atoms with Crippen molar-refractivity contribution in [3.05, 3.63) is 93.8 Å². The van der Waals surface area contributed by atoms with E-state index in [2.05, 4.69) is 11.1 Å². The lowest BCUT2D eigenvalue weighted by Gasteiger charge is -2.21. The molecule has 1 aromatic heterocycles. The molecule has 0 aliphatic carbocycles. The van der Waals surface area contributed by atoms with Crippen LogP contribution in [-0.4, -0.2) is 35.8 Å². The van der Waals surface area contributed by atoms with Crippen molar-refractivity contribution in [1.82, 2.24) is 9.99 Å². The van der Waals surface area contributed by atoms with Gasteiger partial charge in [-0.05, 0) is 42.3 Å². The van der Waals surface area contributed by atoms with Crippen LogP contribution in [0.3, 0.4) is 0 Å². The molecule has 7 heteroatoms. The van der Waals surface area contributed by atoms with Gasteiger partial charge < -0.3 is 14.5 Å². The van der Waals surface area contributed by atoms with E-state index in [9.17, 15) is 9.59 Å². The molecule has 3 aromatic carbocycles. The number of carbonyl (C=O) groups is 1. The number of H-pyrrole nitrogens is 1. The van der Waals surface area contributed by atoms with Crippen LogP contribution in [0, 0.1) is 6.92 Å². The first-order chi connectivity index (χ1) is 17.4. The Kier molecular flexibility index (Phi) is 6.06. The number of aromatic amines is 1. The number of aryl methyl sites for hydroxylation is 1. The number of pyridine rings is 1. The van der Waals surface area contributed by atoms with Crippen molar-refractivity contribution in [3.8, 4) is 22.6 Å². The van der Waals surface area contributed by atoms with Crippen LogP contribution in [0.1, 0.15) is 36.1 Å². The van der Waals surface area contributed by atoms with Crippen molar-refractivity contribution in [1.29, 1.82) is 0 Å². The van der Waals surface area contributed by atoms with E-state index in [1.807, 2.05) is 67.6 Å². The van der Waals surface area contributed by atoms with Crippen LogP contribution in [0.4, 0.5) is 0 Å². The van der Waals surface area contributed by atoms with E-state index in [-0.39, 0.29) is 17.5 Å². The highest BCUT2D eigenvalue weighted by atomic mass is 16.5. The lowest BCUT2D eigenvalue weighted by atomic mass is 9.90. The van der Waals surface area contributed by atoms with Gasteiger partial charge >= 0.3 is 0 Å². The summed E-state index contributed by atoms with van der Waals surface area (Å²) >= 11 is 0.